The van der Waals surface area contributed by atoms with E-state index >= 15 is 0 Å². The first-order valence-corrected chi connectivity index (χ1v) is 11.7. The monoisotopic (exact) mass is 415 g/mol. The van der Waals surface area contributed by atoms with Crippen LogP contribution in [0.25, 0.3) is 0 Å². The molecule has 30 heavy (non-hydrogen) atoms. The molecular formula is C24H41N5O. The molecule has 0 bridgehead atoms. The lowest BCUT2D eigenvalue weighted by Crippen LogP contribution is -2.55. The number of amides is 1. The van der Waals surface area contributed by atoms with Crippen LogP contribution in [0.2, 0.25) is 0 Å². The molecule has 0 radical (unpaired) electrons. The van der Waals surface area contributed by atoms with Gasteiger partial charge >= 0.3 is 0 Å². The summed E-state index contributed by atoms with van der Waals surface area (Å²) < 4.78 is 0. The Hall–Kier alpha value is -1.63. The Bertz CT molecular complexity index is 646. The van der Waals surface area contributed by atoms with E-state index in [2.05, 4.69) is 76.7 Å². The Balaban J connectivity index is 1.40. The summed E-state index contributed by atoms with van der Waals surface area (Å²) in [6.07, 6.45) is 2.27. The number of benzene rings is 1. The van der Waals surface area contributed by atoms with E-state index in [1.165, 1.54) is 17.7 Å². The van der Waals surface area contributed by atoms with Gasteiger partial charge in [0.15, 0.2) is 0 Å². The molecule has 1 aromatic carbocycles. The standard InChI is InChI=1S/C24H41N5O/c1-5-21(2)27-16-18-29(19-17-27)24(30)20-26-12-14-28(15-13-26)23-8-6-22(7-9-23)10-11-25(3)4/h6-9,21H,5,10-20H2,1-4H3. The summed E-state index contributed by atoms with van der Waals surface area (Å²) in [6.45, 7) is 13.9. The van der Waals surface area contributed by atoms with Gasteiger partial charge in [-0.1, -0.05) is 19.1 Å². The second-order valence-corrected chi connectivity index (χ2v) is 9.16. The molecule has 0 N–H and O–H groups in total. The van der Waals surface area contributed by atoms with E-state index in [-0.39, 0.29) is 0 Å². The molecule has 0 saturated carbocycles. The van der Waals surface area contributed by atoms with Crippen molar-refractivity contribution in [3.63, 3.8) is 0 Å². The average molecular weight is 416 g/mol. The maximum Gasteiger partial charge on any atom is 0.236 e. The van der Waals surface area contributed by atoms with Gasteiger partial charge in [0.2, 0.25) is 5.91 Å². The van der Waals surface area contributed by atoms with Crippen molar-refractivity contribution in [2.75, 3.05) is 84.4 Å². The van der Waals surface area contributed by atoms with Crippen molar-refractivity contribution >= 4 is 11.6 Å². The molecule has 0 aliphatic carbocycles. The van der Waals surface area contributed by atoms with Crippen LogP contribution in [-0.2, 0) is 11.2 Å². The third-order valence-electron chi connectivity index (χ3n) is 6.76. The molecule has 1 unspecified atom stereocenters. The van der Waals surface area contributed by atoms with Crippen molar-refractivity contribution in [3.05, 3.63) is 29.8 Å². The number of hydrogen-bond donors (Lipinski definition) is 0. The summed E-state index contributed by atoms with van der Waals surface area (Å²) in [5, 5.41) is 0. The number of hydrogen-bond acceptors (Lipinski definition) is 5. The quantitative estimate of drug-likeness (QED) is 0.647. The fraction of sp³-hybridized carbons (Fsp3) is 0.708. The molecular weight excluding hydrogens is 374 g/mol. The van der Waals surface area contributed by atoms with Crippen molar-refractivity contribution in [1.82, 2.24) is 19.6 Å². The summed E-state index contributed by atoms with van der Waals surface area (Å²) in [5.41, 5.74) is 2.70. The van der Waals surface area contributed by atoms with Gasteiger partial charge in [-0.2, -0.15) is 0 Å². The highest BCUT2D eigenvalue weighted by molar-refractivity contribution is 5.78. The van der Waals surface area contributed by atoms with E-state index in [9.17, 15) is 4.79 Å². The van der Waals surface area contributed by atoms with E-state index in [0.29, 0.717) is 18.5 Å². The molecule has 1 atom stereocenters. The van der Waals surface area contributed by atoms with Gasteiger partial charge in [-0.3, -0.25) is 14.6 Å². The van der Waals surface area contributed by atoms with Gasteiger partial charge in [0.05, 0.1) is 6.54 Å². The molecule has 6 nitrogen and oxygen atoms in total. The van der Waals surface area contributed by atoms with Gasteiger partial charge in [0, 0.05) is 70.6 Å². The smallest absolute Gasteiger partial charge is 0.236 e. The SMILES string of the molecule is CCC(C)N1CCN(C(=O)CN2CCN(c3ccc(CCN(C)C)cc3)CC2)CC1. The Morgan fingerprint density at radius 2 is 1.60 bits per heavy atom. The Morgan fingerprint density at radius 3 is 2.17 bits per heavy atom. The molecule has 3 rings (SSSR count). The van der Waals surface area contributed by atoms with Crippen molar-refractivity contribution in [3.8, 4) is 0 Å². The molecule has 6 heteroatoms. The van der Waals surface area contributed by atoms with E-state index in [4.69, 9.17) is 0 Å². The lowest BCUT2D eigenvalue weighted by molar-refractivity contribution is -0.134. The lowest BCUT2D eigenvalue weighted by Gasteiger charge is -2.40. The number of likely N-dealkylation sites (N-methyl/N-ethyl adjacent to an activating group) is 1. The van der Waals surface area contributed by atoms with E-state index in [1.54, 1.807) is 0 Å². The predicted molar refractivity (Wildman–Crippen MR) is 125 cm³/mol. The van der Waals surface area contributed by atoms with E-state index in [0.717, 1.165) is 65.3 Å². The third-order valence-corrected chi connectivity index (χ3v) is 6.76. The van der Waals surface area contributed by atoms with Gasteiger partial charge in [0.1, 0.15) is 0 Å². The fourth-order valence-electron chi connectivity index (χ4n) is 4.35. The molecule has 2 saturated heterocycles. The average Bonchev–Trinajstić information content (AvgIpc) is 2.78. The Kier molecular flexibility index (Phi) is 8.54. The maximum atomic E-state index is 12.8. The minimum Gasteiger partial charge on any atom is -0.369 e. The van der Waals surface area contributed by atoms with Gasteiger partial charge in [-0.05, 0) is 51.6 Å². The first-order valence-electron chi connectivity index (χ1n) is 11.7. The molecule has 2 aliphatic heterocycles. The number of nitrogens with zero attached hydrogens (tertiary/aromatic N) is 5. The van der Waals surface area contributed by atoms with Crippen LogP contribution in [0, 0.1) is 0 Å². The molecule has 1 aromatic rings. The lowest BCUT2D eigenvalue weighted by atomic mass is 10.1. The van der Waals surface area contributed by atoms with Gasteiger partial charge in [-0.25, -0.2) is 0 Å². The number of rotatable bonds is 8. The minimum absolute atomic E-state index is 0.303. The second-order valence-electron chi connectivity index (χ2n) is 9.16. The van der Waals surface area contributed by atoms with E-state index < -0.39 is 0 Å². The zero-order valence-electron chi connectivity index (χ0n) is 19.5. The molecule has 1 amide bonds. The van der Waals surface area contributed by atoms with E-state index in [1.807, 2.05) is 0 Å². The third kappa shape index (κ3) is 6.43. The van der Waals surface area contributed by atoms with Crippen LogP contribution >= 0.6 is 0 Å². The first-order chi connectivity index (χ1) is 14.5. The van der Waals surface area contributed by atoms with Crippen LogP contribution < -0.4 is 4.90 Å². The van der Waals surface area contributed by atoms with Gasteiger partial charge in [0.25, 0.3) is 0 Å². The number of carbonyl (C=O) groups excluding carboxylic acids is 1. The van der Waals surface area contributed by atoms with Crippen LogP contribution in [0.5, 0.6) is 0 Å². The molecule has 2 aliphatic rings. The zero-order valence-corrected chi connectivity index (χ0v) is 19.5. The normalized spacial score (nSPS) is 20.0. The van der Waals surface area contributed by atoms with Crippen LogP contribution in [0.4, 0.5) is 5.69 Å². The van der Waals surface area contributed by atoms with Gasteiger partial charge < -0.3 is 14.7 Å². The molecule has 0 aromatic heterocycles. The van der Waals surface area contributed by atoms with Crippen LogP contribution in [0.15, 0.2) is 24.3 Å². The molecule has 168 valence electrons. The first kappa shape index (κ1) is 23.0. The Morgan fingerprint density at radius 1 is 0.967 bits per heavy atom. The highest BCUT2D eigenvalue weighted by atomic mass is 16.2. The zero-order chi connectivity index (χ0) is 21.5. The maximum absolute atomic E-state index is 12.8. The minimum atomic E-state index is 0.303. The van der Waals surface area contributed by atoms with Crippen LogP contribution in [0.3, 0.4) is 0 Å². The summed E-state index contributed by atoms with van der Waals surface area (Å²) in [6, 6.07) is 9.64. The van der Waals surface area contributed by atoms with Crippen molar-refractivity contribution in [2.24, 2.45) is 0 Å². The second kappa shape index (κ2) is 11.1. The highest BCUT2D eigenvalue weighted by Gasteiger charge is 2.26. The van der Waals surface area contributed by atoms with Crippen molar-refractivity contribution in [1.29, 1.82) is 0 Å². The highest BCUT2D eigenvalue weighted by Crippen LogP contribution is 2.18. The summed E-state index contributed by atoms with van der Waals surface area (Å²) in [4.78, 5) is 24.3. The topological polar surface area (TPSA) is 33.3 Å². The predicted octanol–water partition coefficient (Wildman–Crippen LogP) is 1.86. The largest absolute Gasteiger partial charge is 0.369 e. The molecule has 2 fully saturated rings. The summed E-state index contributed by atoms with van der Waals surface area (Å²) in [5.74, 6) is 0.303. The molecule has 0 spiro atoms. The van der Waals surface area contributed by atoms with Crippen LogP contribution in [-0.4, -0.2) is 111 Å². The van der Waals surface area contributed by atoms with Gasteiger partial charge in [-0.15, -0.1) is 0 Å². The fourth-order valence-corrected chi connectivity index (χ4v) is 4.35. The summed E-state index contributed by atoms with van der Waals surface area (Å²) >= 11 is 0. The Labute approximate surface area is 183 Å². The number of carbonyl (C=O) groups is 1. The molecule has 2 heterocycles. The van der Waals surface area contributed by atoms with Crippen molar-refractivity contribution in [2.45, 2.75) is 32.7 Å². The van der Waals surface area contributed by atoms with Crippen molar-refractivity contribution < 1.29 is 4.79 Å². The number of anilines is 1. The number of piperazine rings is 2. The summed E-state index contributed by atoms with van der Waals surface area (Å²) in [7, 11) is 4.23. The van der Waals surface area contributed by atoms with Crippen LogP contribution in [0.1, 0.15) is 25.8 Å².